The lowest BCUT2D eigenvalue weighted by molar-refractivity contribution is -0.124. The summed E-state index contributed by atoms with van der Waals surface area (Å²) in [4.78, 5) is 29.8. The van der Waals surface area contributed by atoms with E-state index in [0.29, 0.717) is 23.7 Å². The van der Waals surface area contributed by atoms with Gasteiger partial charge in [-0.2, -0.15) is 0 Å². The van der Waals surface area contributed by atoms with Gasteiger partial charge in [-0.05, 0) is 18.9 Å². The predicted molar refractivity (Wildman–Crippen MR) is 70.4 cm³/mol. The van der Waals surface area contributed by atoms with E-state index in [4.69, 9.17) is 16.7 Å². The van der Waals surface area contributed by atoms with Crippen molar-refractivity contribution in [1.82, 2.24) is 9.88 Å². The van der Waals surface area contributed by atoms with E-state index >= 15 is 0 Å². The minimum absolute atomic E-state index is 0.258. The Morgan fingerprint density at radius 3 is 3.00 bits per heavy atom. The number of carbonyl (C=O) groups excluding carboxylic acids is 1. The van der Waals surface area contributed by atoms with Crippen molar-refractivity contribution in [2.45, 2.75) is 18.9 Å². The van der Waals surface area contributed by atoms with Gasteiger partial charge in [-0.3, -0.25) is 14.7 Å². The van der Waals surface area contributed by atoms with Crippen LogP contribution < -0.4 is 4.90 Å². The summed E-state index contributed by atoms with van der Waals surface area (Å²) in [6.07, 6.45) is 3.19. The monoisotopic (exact) mass is 283 g/mol. The molecule has 1 aromatic heterocycles. The van der Waals surface area contributed by atoms with E-state index < -0.39 is 12.1 Å². The molecule has 0 saturated carbocycles. The molecular formula is C12H14ClN3O3. The normalized spacial score (nSPS) is 19.4. The van der Waals surface area contributed by atoms with Crippen LogP contribution in [0.25, 0.3) is 0 Å². The van der Waals surface area contributed by atoms with E-state index in [1.165, 1.54) is 18.1 Å². The number of carbonyl (C=O) groups is 2. The summed E-state index contributed by atoms with van der Waals surface area (Å²) in [5.74, 6) is -0.258. The average molecular weight is 284 g/mol. The number of likely N-dealkylation sites (N-methyl/N-ethyl adjacent to an activating group) is 1. The number of hydrogen-bond donors (Lipinski definition) is 1. The van der Waals surface area contributed by atoms with Crippen LogP contribution in [0.15, 0.2) is 18.5 Å². The second-order valence-corrected chi connectivity index (χ2v) is 4.78. The maximum atomic E-state index is 12.4. The second-order valence-electron chi connectivity index (χ2n) is 4.37. The van der Waals surface area contributed by atoms with Gasteiger partial charge in [0.2, 0.25) is 5.91 Å². The number of aromatic nitrogens is 1. The van der Waals surface area contributed by atoms with E-state index in [0.717, 1.165) is 11.3 Å². The quantitative estimate of drug-likeness (QED) is 0.899. The molecule has 1 fully saturated rings. The molecule has 1 atom stereocenters. The van der Waals surface area contributed by atoms with Gasteiger partial charge < -0.3 is 10.0 Å². The Morgan fingerprint density at radius 2 is 2.37 bits per heavy atom. The fraction of sp³-hybridized carbons (Fsp3) is 0.417. The van der Waals surface area contributed by atoms with Gasteiger partial charge in [-0.1, -0.05) is 11.6 Å². The lowest BCUT2D eigenvalue weighted by Gasteiger charge is -2.35. The molecule has 0 bridgehead atoms. The van der Waals surface area contributed by atoms with Crippen LogP contribution in [-0.2, 0) is 4.79 Å². The van der Waals surface area contributed by atoms with Crippen LogP contribution in [0.3, 0.4) is 0 Å². The number of piperidine rings is 1. The lowest BCUT2D eigenvalue weighted by atomic mass is 10.0. The molecule has 1 N–H and O–H groups in total. The highest BCUT2D eigenvalue weighted by Gasteiger charge is 2.35. The lowest BCUT2D eigenvalue weighted by Crippen LogP contribution is -2.52. The summed E-state index contributed by atoms with van der Waals surface area (Å²) in [5.41, 5.74) is 0.526. The number of pyridine rings is 1. The first-order chi connectivity index (χ1) is 9.02. The third-order valence-electron chi connectivity index (χ3n) is 3.22. The van der Waals surface area contributed by atoms with Gasteiger partial charge in [0.05, 0.1) is 16.9 Å². The van der Waals surface area contributed by atoms with Gasteiger partial charge in [0.25, 0.3) is 0 Å². The Labute approximate surface area is 115 Å². The second kappa shape index (κ2) is 5.44. The number of anilines is 1. The Bertz CT molecular complexity index is 509. The molecule has 1 aliphatic rings. The van der Waals surface area contributed by atoms with Crippen molar-refractivity contribution in [3.63, 3.8) is 0 Å². The molecule has 2 heterocycles. The Kier molecular flexibility index (Phi) is 3.90. The smallest absolute Gasteiger partial charge is 0.407 e. The molecule has 7 heteroatoms. The number of rotatable bonds is 2. The number of amides is 2. The average Bonchev–Trinajstić information content (AvgIpc) is 2.39. The van der Waals surface area contributed by atoms with E-state index in [9.17, 15) is 9.59 Å². The largest absolute Gasteiger partial charge is 0.465 e. The Morgan fingerprint density at radius 1 is 1.63 bits per heavy atom. The molecular weight excluding hydrogens is 270 g/mol. The summed E-state index contributed by atoms with van der Waals surface area (Å²) >= 11 is 6.05. The predicted octanol–water partition coefficient (Wildman–Crippen LogP) is 1.84. The number of nitrogens with zero attached hydrogens (tertiary/aromatic N) is 3. The number of halogens is 1. The maximum Gasteiger partial charge on any atom is 0.407 e. The zero-order valence-electron chi connectivity index (χ0n) is 10.4. The van der Waals surface area contributed by atoms with Gasteiger partial charge in [-0.15, -0.1) is 0 Å². The van der Waals surface area contributed by atoms with Gasteiger partial charge in [0.15, 0.2) is 0 Å². The van der Waals surface area contributed by atoms with Crippen molar-refractivity contribution in [3.8, 4) is 0 Å². The minimum atomic E-state index is -1.11. The highest BCUT2D eigenvalue weighted by Crippen LogP contribution is 2.28. The van der Waals surface area contributed by atoms with Crippen molar-refractivity contribution in [2.75, 3.05) is 18.5 Å². The minimum Gasteiger partial charge on any atom is -0.465 e. The van der Waals surface area contributed by atoms with Crippen molar-refractivity contribution in [2.24, 2.45) is 0 Å². The first kappa shape index (κ1) is 13.6. The highest BCUT2D eigenvalue weighted by atomic mass is 35.5. The van der Waals surface area contributed by atoms with Crippen molar-refractivity contribution in [3.05, 3.63) is 23.5 Å². The van der Waals surface area contributed by atoms with Crippen molar-refractivity contribution < 1.29 is 14.7 Å². The third kappa shape index (κ3) is 2.63. The highest BCUT2D eigenvalue weighted by molar-refractivity contribution is 6.33. The molecule has 1 saturated heterocycles. The van der Waals surface area contributed by atoms with Gasteiger partial charge >= 0.3 is 6.09 Å². The van der Waals surface area contributed by atoms with E-state index in [-0.39, 0.29) is 5.91 Å². The van der Waals surface area contributed by atoms with Gasteiger partial charge in [0, 0.05) is 19.8 Å². The molecule has 1 aliphatic heterocycles. The molecule has 0 spiro atoms. The molecule has 2 amide bonds. The Hall–Kier alpha value is -1.82. The fourth-order valence-electron chi connectivity index (χ4n) is 2.16. The molecule has 2 rings (SSSR count). The van der Waals surface area contributed by atoms with E-state index in [2.05, 4.69) is 4.98 Å². The summed E-state index contributed by atoms with van der Waals surface area (Å²) < 4.78 is 0. The number of carboxylic acid groups (broad SMARTS) is 1. The maximum absolute atomic E-state index is 12.4. The SMILES string of the molecule is CN(C(=O)O)C1CCCN(c2cnccc2Cl)C1=O. The molecule has 0 radical (unpaired) electrons. The van der Waals surface area contributed by atoms with Crippen LogP contribution in [0.5, 0.6) is 0 Å². The van der Waals surface area contributed by atoms with Crippen LogP contribution >= 0.6 is 11.6 Å². The van der Waals surface area contributed by atoms with Crippen LogP contribution in [-0.4, -0.2) is 46.6 Å². The van der Waals surface area contributed by atoms with E-state index in [1.807, 2.05) is 0 Å². The van der Waals surface area contributed by atoms with Gasteiger partial charge in [0.1, 0.15) is 6.04 Å². The first-order valence-electron chi connectivity index (χ1n) is 5.89. The van der Waals surface area contributed by atoms with Crippen LogP contribution in [0.2, 0.25) is 5.02 Å². The molecule has 1 aromatic rings. The first-order valence-corrected chi connectivity index (χ1v) is 6.27. The van der Waals surface area contributed by atoms with Crippen molar-refractivity contribution in [1.29, 1.82) is 0 Å². The molecule has 6 nitrogen and oxygen atoms in total. The fourth-order valence-corrected chi connectivity index (χ4v) is 2.36. The topological polar surface area (TPSA) is 73.7 Å². The third-order valence-corrected chi connectivity index (χ3v) is 3.54. The summed E-state index contributed by atoms with van der Waals surface area (Å²) in [6.45, 7) is 0.522. The summed E-state index contributed by atoms with van der Waals surface area (Å²) in [6, 6.07) is 0.942. The van der Waals surface area contributed by atoms with Crippen LogP contribution in [0, 0.1) is 0 Å². The van der Waals surface area contributed by atoms with E-state index in [1.54, 1.807) is 12.3 Å². The summed E-state index contributed by atoms with van der Waals surface area (Å²) in [5, 5.41) is 9.41. The summed E-state index contributed by atoms with van der Waals surface area (Å²) in [7, 11) is 1.40. The molecule has 1 unspecified atom stereocenters. The number of hydrogen-bond acceptors (Lipinski definition) is 3. The molecule has 0 aliphatic carbocycles. The zero-order valence-corrected chi connectivity index (χ0v) is 11.2. The molecule has 19 heavy (non-hydrogen) atoms. The molecule has 102 valence electrons. The van der Waals surface area contributed by atoms with Gasteiger partial charge in [-0.25, -0.2) is 4.79 Å². The Balaban J connectivity index is 2.26. The zero-order chi connectivity index (χ0) is 14.0. The molecule has 0 aromatic carbocycles. The standard InChI is InChI=1S/C12H14ClN3O3/c1-15(12(18)19)9-3-2-6-16(11(9)17)10-7-14-5-4-8(10)13/h4-5,7,9H,2-3,6H2,1H3,(H,18,19). The van der Waals surface area contributed by atoms with Crippen LogP contribution in [0.4, 0.5) is 10.5 Å². The van der Waals surface area contributed by atoms with Crippen LogP contribution in [0.1, 0.15) is 12.8 Å². The van der Waals surface area contributed by atoms with Crippen molar-refractivity contribution >= 4 is 29.3 Å².